The molecule has 0 bridgehead atoms. The summed E-state index contributed by atoms with van der Waals surface area (Å²) in [5.41, 5.74) is 0. The maximum absolute atomic E-state index is 11.5. The highest BCUT2D eigenvalue weighted by molar-refractivity contribution is 5.83. The lowest BCUT2D eigenvalue weighted by atomic mass is 10.2. The minimum Gasteiger partial charge on any atom is -0.468 e. The molecule has 1 heterocycles. The van der Waals surface area contributed by atoms with E-state index in [0.717, 1.165) is 5.76 Å². The van der Waals surface area contributed by atoms with Crippen LogP contribution in [0.4, 0.5) is 0 Å². The van der Waals surface area contributed by atoms with Crippen LogP contribution in [0.1, 0.15) is 12.7 Å². The highest BCUT2D eigenvalue weighted by atomic mass is 16.5. The topological polar surface area (TPSA) is 71.8 Å². The second kappa shape index (κ2) is 6.80. The Hall–Kier alpha value is -1.82. The number of amides is 1. The van der Waals surface area contributed by atoms with Crippen LogP contribution in [0.25, 0.3) is 0 Å². The zero-order chi connectivity index (χ0) is 13.5. The van der Waals surface area contributed by atoms with Crippen LogP contribution in [0, 0.1) is 0 Å². The molecule has 6 nitrogen and oxygen atoms in total. The Morgan fingerprint density at radius 2 is 2.28 bits per heavy atom. The SMILES string of the molecule is COC(=O)C(CN(C)Cc1ccco1)NC(C)=O. The predicted octanol–water partition coefficient (Wildman–Crippen LogP) is 0.389. The van der Waals surface area contributed by atoms with Crippen LogP contribution in [0.3, 0.4) is 0 Å². The van der Waals surface area contributed by atoms with Gasteiger partial charge >= 0.3 is 5.97 Å². The fraction of sp³-hybridized carbons (Fsp3) is 0.500. The van der Waals surface area contributed by atoms with Crippen molar-refractivity contribution in [3.63, 3.8) is 0 Å². The van der Waals surface area contributed by atoms with E-state index in [2.05, 4.69) is 10.1 Å². The average Bonchev–Trinajstić information content (AvgIpc) is 2.79. The average molecular weight is 254 g/mol. The molecule has 0 saturated heterocycles. The summed E-state index contributed by atoms with van der Waals surface area (Å²) in [4.78, 5) is 24.4. The third-order valence-electron chi connectivity index (χ3n) is 2.36. The molecule has 1 N–H and O–H groups in total. The summed E-state index contributed by atoms with van der Waals surface area (Å²) in [6.07, 6.45) is 1.59. The minimum absolute atomic E-state index is 0.267. The van der Waals surface area contributed by atoms with Crippen LogP contribution in [-0.2, 0) is 20.9 Å². The van der Waals surface area contributed by atoms with Gasteiger partial charge in [-0.3, -0.25) is 9.69 Å². The quantitative estimate of drug-likeness (QED) is 0.743. The van der Waals surface area contributed by atoms with Gasteiger partial charge in [-0.15, -0.1) is 0 Å². The molecule has 6 heteroatoms. The molecule has 100 valence electrons. The maximum atomic E-state index is 11.5. The van der Waals surface area contributed by atoms with Gasteiger partial charge in [0, 0.05) is 13.5 Å². The van der Waals surface area contributed by atoms with Crippen molar-refractivity contribution in [1.29, 1.82) is 0 Å². The Kier molecular flexibility index (Phi) is 5.38. The number of carbonyl (C=O) groups excluding carboxylic acids is 2. The lowest BCUT2D eigenvalue weighted by Gasteiger charge is -2.22. The zero-order valence-electron chi connectivity index (χ0n) is 10.8. The standard InChI is InChI=1S/C12H18N2O4/c1-9(15)13-11(12(16)17-3)8-14(2)7-10-5-4-6-18-10/h4-6,11H,7-8H2,1-3H3,(H,13,15). The third kappa shape index (κ3) is 4.58. The molecule has 0 aliphatic rings. The van der Waals surface area contributed by atoms with Gasteiger partial charge in [0.25, 0.3) is 0 Å². The van der Waals surface area contributed by atoms with Crippen molar-refractivity contribution < 1.29 is 18.7 Å². The number of ether oxygens (including phenoxy) is 1. The predicted molar refractivity (Wildman–Crippen MR) is 64.7 cm³/mol. The van der Waals surface area contributed by atoms with E-state index in [1.165, 1.54) is 14.0 Å². The first-order chi connectivity index (χ1) is 8.52. The van der Waals surface area contributed by atoms with E-state index in [0.29, 0.717) is 13.1 Å². The molecular weight excluding hydrogens is 236 g/mol. The van der Waals surface area contributed by atoms with E-state index in [4.69, 9.17) is 4.42 Å². The molecule has 0 saturated carbocycles. The molecule has 1 amide bonds. The number of hydrogen-bond donors (Lipinski definition) is 1. The van der Waals surface area contributed by atoms with E-state index in [1.54, 1.807) is 12.3 Å². The van der Waals surface area contributed by atoms with Gasteiger partial charge in [-0.2, -0.15) is 0 Å². The van der Waals surface area contributed by atoms with Crippen molar-refractivity contribution >= 4 is 11.9 Å². The maximum Gasteiger partial charge on any atom is 0.329 e. The fourth-order valence-electron chi connectivity index (χ4n) is 1.61. The van der Waals surface area contributed by atoms with Crippen molar-refractivity contribution in [1.82, 2.24) is 10.2 Å². The summed E-state index contributed by atoms with van der Waals surface area (Å²) >= 11 is 0. The first-order valence-corrected chi connectivity index (χ1v) is 5.58. The van der Waals surface area contributed by atoms with Gasteiger partial charge in [-0.1, -0.05) is 0 Å². The summed E-state index contributed by atoms with van der Waals surface area (Å²) in [7, 11) is 3.13. The van der Waals surface area contributed by atoms with Crippen molar-refractivity contribution in [2.75, 3.05) is 20.7 Å². The molecule has 1 aromatic rings. The van der Waals surface area contributed by atoms with Gasteiger partial charge < -0.3 is 14.5 Å². The minimum atomic E-state index is -0.674. The van der Waals surface area contributed by atoms with Crippen LogP contribution in [0.2, 0.25) is 0 Å². The lowest BCUT2D eigenvalue weighted by molar-refractivity contribution is -0.145. The molecule has 0 aliphatic carbocycles. The number of nitrogens with zero attached hydrogens (tertiary/aromatic N) is 1. The van der Waals surface area contributed by atoms with Crippen molar-refractivity contribution in [2.45, 2.75) is 19.5 Å². The van der Waals surface area contributed by atoms with E-state index < -0.39 is 12.0 Å². The largest absolute Gasteiger partial charge is 0.468 e. The summed E-state index contributed by atoms with van der Waals surface area (Å²) in [5.74, 6) is 0.0669. The molecule has 0 radical (unpaired) electrons. The number of methoxy groups -OCH3 is 1. The third-order valence-corrected chi connectivity index (χ3v) is 2.36. The number of rotatable bonds is 6. The molecular formula is C12H18N2O4. The van der Waals surface area contributed by atoms with E-state index in [9.17, 15) is 9.59 Å². The van der Waals surface area contributed by atoms with Crippen molar-refractivity contribution in [3.05, 3.63) is 24.2 Å². The molecule has 1 rings (SSSR count). The Labute approximate surface area is 106 Å². The van der Waals surface area contributed by atoms with Gasteiger partial charge in [-0.25, -0.2) is 4.79 Å². The molecule has 0 spiro atoms. The molecule has 0 fully saturated rings. The van der Waals surface area contributed by atoms with Crippen LogP contribution < -0.4 is 5.32 Å². The second-order valence-electron chi connectivity index (χ2n) is 4.05. The van der Waals surface area contributed by atoms with E-state index >= 15 is 0 Å². The molecule has 0 aliphatic heterocycles. The number of esters is 1. The van der Waals surface area contributed by atoms with Crippen LogP contribution >= 0.6 is 0 Å². The number of furan rings is 1. The fourth-order valence-corrected chi connectivity index (χ4v) is 1.61. The zero-order valence-corrected chi connectivity index (χ0v) is 10.8. The summed E-state index contributed by atoms with van der Waals surface area (Å²) < 4.78 is 9.85. The Balaban J connectivity index is 2.53. The Bertz CT molecular complexity index is 389. The van der Waals surface area contributed by atoms with Crippen LogP contribution in [0.5, 0.6) is 0 Å². The molecule has 18 heavy (non-hydrogen) atoms. The highest BCUT2D eigenvalue weighted by Gasteiger charge is 2.22. The van der Waals surface area contributed by atoms with Gasteiger partial charge in [0.15, 0.2) is 0 Å². The van der Waals surface area contributed by atoms with Crippen LogP contribution in [-0.4, -0.2) is 43.5 Å². The number of likely N-dealkylation sites (N-methyl/N-ethyl adjacent to an activating group) is 1. The highest BCUT2D eigenvalue weighted by Crippen LogP contribution is 2.04. The molecule has 1 unspecified atom stereocenters. The van der Waals surface area contributed by atoms with Crippen molar-refractivity contribution in [2.24, 2.45) is 0 Å². The molecule has 0 aromatic carbocycles. The van der Waals surface area contributed by atoms with Crippen molar-refractivity contribution in [3.8, 4) is 0 Å². The lowest BCUT2D eigenvalue weighted by Crippen LogP contribution is -2.47. The van der Waals surface area contributed by atoms with E-state index in [1.807, 2.05) is 18.0 Å². The number of nitrogens with one attached hydrogen (secondary N) is 1. The smallest absolute Gasteiger partial charge is 0.329 e. The monoisotopic (exact) mass is 254 g/mol. The Morgan fingerprint density at radius 3 is 2.78 bits per heavy atom. The summed E-state index contributed by atoms with van der Waals surface area (Å²) in [6.45, 7) is 2.27. The normalized spacial score (nSPS) is 12.2. The van der Waals surface area contributed by atoms with Gasteiger partial charge in [0.1, 0.15) is 11.8 Å². The van der Waals surface area contributed by atoms with E-state index in [-0.39, 0.29) is 5.91 Å². The first kappa shape index (κ1) is 14.2. The molecule has 1 aromatic heterocycles. The molecule has 1 atom stereocenters. The number of hydrogen-bond acceptors (Lipinski definition) is 5. The van der Waals surface area contributed by atoms with Gasteiger partial charge in [0.05, 0.1) is 19.9 Å². The second-order valence-corrected chi connectivity index (χ2v) is 4.05. The van der Waals surface area contributed by atoms with Gasteiger partial charge in [0.2, 0.25) is 5.91 Å². The Morgan fingerprint density at radius 1 is 1.56 bits per heavy atom. The van der Waals surface area contributed by atoms with Crippen LogP contribution in [0.15, 0.2) is 22.8 Å². The van der Waals surface area contributed by atoms with Gasteiger partial charge in [-0.05, 0) is 19.2 Å². The number of carbonyl (C=O) groups is 2. The summed E-state index contributed by atoms with van der Waals surface area (Å²) in [5, 5.41) is 2.56. The summed E-state index contributed by atoms with van der Waals surface area (Å²) in [6, 6.07) is 2.98. The first-order valence-electron chi connectivity index (χ1n) is 5.58.